The highest BCUT2D eigenvalue weighted by Crippen LogP contribution is 2.29. The summed E-state index contributed by atoms with van der Waals surface area (Å²) < 4.78 is 6.40. The van der Waals surface area contributed by atoms with Crippen molar-refractivity contribution in [2.45, 2.75) is 32.5 Å². The second-order valence-electron chi connectivity index (χ2n) is 3.50. The van der Waals surface area contributed by atoms with E-state index in [1.165, 1.54) is 0 Å². The summed E-state index contributed by atoms with van der Waals surface area (Å²) in [6.45, 7) is 3.55. The minimum absolute atomic E-state index is 0.480. The van der Waals surface area contributed by atoms with Gasteiger partial charge in [-0.1, -0.05) is 28.9 Å². The Bertz CT molecular complexity index is 398. The lowest BCUT2D eigenvalue weighted by atomic mass is 10.1. The lowest BCUT2D eigenvalue weighted by Gasteiger charge is -2.16. The summed E-state index contributed by atoms with van der Waals surface area (Å²) in [6, 6.07) is 7.45. The van der Waals surface area contributed by atoms with Crippen LogP contribution in [0.5, 0.6) is 5.75 Å². The first-order valence-corrected chi connectivity index (χ1v) is 5.91. The normalized spacial score (nSPS) is 13.9. The minimum atomic E-state index is -0.612. The molecule has 16 heavy (non-hydrogen) atoms. The zero-order chi connectivity index (χ0) is 12.1. The SMILES string of the molecule is CCC(C#N)Oc1cc(Br)ccc1[C@@H](C)O. The van der Waals surface area contributed by atoms with Gasteiger partial charge in [-0.15, -0.1) is 0 Å². The predicted octanol–water partition coefficient (Wildman–Crippen LogP) is 3.18. The molecule has 0 heterocycles. The van der Waals surface area contributed by atoms with Gasteiger partial charge in [0.15, 0.2) is 6.10 Å². The van der Waals surface area contributed by atoms with Gasteiger partial charge < -0.3 is 9.84 Å². The number of aliphatic hydroxyl groups excluding tert-OH is 1. The molecular weight excluding hydrogens is 270 g/mol. The standard InChI is InChI=1S/C12H14BrNO2/c1-3-10(7-14)16-12-6-9(13)4-5-11(12)8(2)15/h4-6,8,10,15H,3H2,1-2H3/t8-,10?/m1/s1. The molecule has 1 aromatic carbocycles. The molecular formula is C12H14BrNO2. The lowest BCUT2D eigenvalue weighted by molar-refractivity contribution is 0.184. The Morgan fingerprint density at radius 3 is 2.75 bits per heavy atom. The van der Waals surface area contributed by atoms with Gasteiger partial charge in [0.1, 0.15) is 11.8 Å². The van der Waals surface area contributed by atoms with Crippen LogP contribution in [0.2, 0.25) is 0 Å². The van der Waals surface area contributed by atoms with Gasteiger partial charge >= 0.3 is 0 Å². The highest BCUT2D eigenvalue weighted by molar-refractivity contribution is 9.10. The highest BCUT2D eigenvalue weighted by Gasteiger charge is 2.13. The Kier molecular flexibility index (Phi) is 4.78. The topological polar surface area (TPSA) is 53.2 Å². The third-order valence-corrected chi connectivity index (χ3v) is 2.70. The van der Waals surface area contributed by atoms with Crippen LogP contribution in [0.25, 0.3) is 0 Å². The maximum absolute atomic E-state index is 9.58. The molecule has 0 fully saturated rings. The molecule has 0 radical (unpaired) electrons. The van der Waals surface area contributed by atoms with Crippen molar-refractivity contribution in [2.75, 3.05) is 0 Å². The Morgan fingerprint density at radius 2 is 2.25 bits per heavy atom. The molecule has 0 aliphatic rings. The number of hydrogen-bond donors (Lipinski definition) is 1. The first-order valence-electron chi connectivity index (χ1n) is 5.12. The van der Waals surface area contributed by atoms with E-state index in [0.717, 1.165) is 4.47 Å². The largest absolute Gasteiger partial charge is 0.475 e. The molecule has 0 aliphatic heterocycles. The summed E-state index contributed by atoms with van der Waals surface area (Å²) in [5.74, 6) is 0.553. The van der Waals surface area contributed by atoms with Gasteiger partial charge in [-0.3, -0.25) is 0 Å². The lowest BCUT2D eigenvalue weighted by Crippen LogP contribution is -2.13. The Hall–Kier alpha value is -1.05. The van der Waals surface area contributed by atoms with Crippen molar-refractivity contribution in [3.8, 4) is 11.8 Å². The number of nitriles is 1. The first kappa shape index (κ1) is 13.0. The van der Waals surface area contributed by atoms with Gasteiger partial charge in [-0.2, -0.15) is 5.26 Å². The summed E-state index contributed by atoms with van der Waals surface area (Å²) in [5, 5.41) is 18.4. The number of ether oxygens (including phenoxy) is 1. The van der Waals surface area contributed by atoms with Gasteiger partial charge in [-0.05, 0) is 25.5 Å². The molecule has 86 valence electrons. The van der Waals surface area contributed by atoms with Gasteiger partial charge in [0.05, 0.1) is 6.10 Å². The van der Waals surface area contributed by atoms with Crippen molar-refractivity contribution >= 4 is 15.9 Å². The van der Waals surface area contributed by atoms with Crippen LogP contribution in [0.3, 0.4) is 0 Å². The van der Waals surface area contributed by atoms with Crippen molar-refractivity contribution in [3.05, 3.63) is 28.2 Å². The van der Waals surface area contributed by atoms with E-state index in [-0.39, 0.29) is 0 Å². The Morgan fingerprint density at radius 1 is 1.56 bits per heavy atom. The van der Waals surface area contributed by atoms with Gasteiger partial charge in [0.25, 0.3) is 0 Å². The van der Waals surface area contributed by atoms with E-state index in [2.05, 4.69) is 22.0 Å². The number of hydrogen-bond acceptors (Lipinski definition) is 3. The predicted molar refractivity (Wildman–Crippen MR) is 65.1 cm³/mol. The van der Waals surface area contributed by atoms with Crippen LogP contribution < -0.4 is 4.74 Å². The zero-order valence-electron chi connectivity index (χ0n) is 9.27. The van der Waals surface area contributed by atoms with Gasteiger partial charge in [-0.25, -0.2) is 0 Å². The molecule has 2 atom stereocenters. The molecule has 0 saturated heterocycles. The van der Waals surface area contributed by atoms with E-state index in [0.29, 0.717) is 17.7 Å². The summed E-state index contributed by atoms with van der Waals surface area (Å²) in [4.78, 5) is 0. The Balaban J connectivity index is 3.01. The first-order chi connectivity index (χ1) is 7.58. The van der Waals surface area contributed by atoms with Crippen molar-refractivity contribution in [1.82, 2.24) is 0 Å². The molecule has 1 unspecified atom stereocenters. The molecule has 4 heteroatoms. The van der Waals surface area contributed by atoms with Crippen LogP contribution in [0.4, 0.5) is 0 Å². The fourth-order valence-corrected chi connectivity index (χ4v) is 1.65. The van der Waals surface area contributed by atoms with Crippen LogP contribution in [-0.2, 0) is 0 Å². The monoisotopic (exact) mass is 283 g/mol. The van der Waals surface area contributed by atoms with Crippen molar-refractivity contribution in [3.63, 3.8) is 0 Å². The molecule has 0 bridgehead atoms. The van der Waals surface area contributed by atoms with Crippen LogP contribution in [0.15, 0.2) is 22.7 Å². The highest BCUT2D eigenvalue weighted by atomic mass is 79.9. The third-order valence-electron chi connectivity index (χ3n) is 2.21. The molecule has 3 nitrogen and oxygen atoms in total. The van der Waals surface area contributed by atoms with E-state index in [4.69, 9.17) is 10.00 Å². The molecule has 1 N–H and O–H groups in total. The minimum Gasteiger partial charge on any atom is -0.475 e. The van der Waals surface area contributed by atoms with E-state index in [9.17, 15) is 5.11 Å². The molecule has 1 aromatic rings. The van der Waals surface area contributed by atoms with Crippen molar-refractivity contribution in [2.24, 2.45) is 0 Å². The summed E-state index contributed by atoms with van der Waals surface area (Å²) >= 11 is 3.33. The number of nitrogens with zero attached hydrogens (tertiary/aromatic N) is 1. The second-order valence-corrected chi connectivity index (χ2v) is 4.42. The number of aliphatic hydroxyl groups is 1. The smallest absolute Gasteiger partial charge is 0.184 e. The molecule has 0 spiro atoms. The number of halogens is 1. The fourth-order valence-electron chi connectivity index (χ4n) is 1.31. The third kappa shape index (κ3) is 3.22. The quantitative estimate of drug-likeness (QED) is 0.923. The van der Waals surface area contributed by atoms with Gasteiger partial charge in [0, 0.05) is 10.0 Å². The maximum atomic E-state index is 9.58. The average Bonchev–Trinajstić information content (AvgIpc) is 2.25. The van der Waals surface area contributed by atoms with Crippen molar-refractivity contribution in [1.29, 1.82) is 5.26 Å². The van der Waals surface area contributed by atoms with E-state index < -0.39 is 12.2 Å². The summed E-state index contributed by atoms with van der Waals surface area (Å²) in [7, 11) is 0. The zero-order valence-corrected chi connectivity index (χ0v) is 10.9. The average molecular weight is 284 g/mol. The van der Waals surface area contributed by atoms with E-state index in [1.54, 1.807) is 19.1 Å². The number of rotatable bonds is 4. The molecule has 1 rings (SSSR count). The molecule has 0 amide bonds. The van der Waals surface area contributed by atoms with Crippen molar-refractivity contribution < 1.29 is 9.84 Å². The van der Waals surface area contributed by atoms with E-state index >= 15 is 0 Å². The van der Waals surface area contributed by atoms with Gasteiger partial charge in [0.2, 0.25) is 0 Å². The van der Waals surface area contributed by atoms with Crippen LogP contribution >= 0.6 is 15.9 Å². The second kappa shape index (κ2) is 5.88. The molecule has 0 aliphatic carbocycles. The van der Waals surface area contributed by atoms with Crippen LogP contribution in [0.1, 0.15) is 31.9 Å². The van der Waals surface area contributed by atoms with Crippen LogP contribution in [0, 0.1) is 11.3 Å². The fraction of sp³-hybridized carbons (Fsp3) is 0.417. The molecule has 0 saturated carbocycles. The van der Waals surface area contributed by atoms with Crippen LogP contribution in [-0.4, -0.2) is 11.2 Å². The number of benzene rings is 1. The maximum Gasteiger partial charge on any atom is 0.184 e. The summed E-state index contributed by atoms with van der Waals surface area (Å²) in [6.07, 6.45) is -0.478. The van der Waals surface area contributed by atoms with E-state index in [1.807, 2.05) is 13.0 Å². The molecule has 0 aromatic heterocycles. The Labute approximate surface area is 104 Å². The summed E-state index contributed by atoms with van der Waals surface area (Å²) in [5.41, 5.74) is 0.692.